The molecule has 0 aromatic rings. The Hall–Kier alpha value is -0.0800. The normalized spacial score (nSPS) is 20.1. The summed E-state index contributed by atoms with van der Waals surface area (Å²) in [6.07, 6.45) is 1.79. The smallest absolute Gasteiger partial charge is 0.0577 e. The van der Waals surface area contributed by atoms with Crippen LogP contribution in [0.4, 0.5) is 0 Å². The molecule has 0 amide bonds. The number of hydrogen-bond donors (Lipinski definition) is 2. The summed E-state index contributed by atoms with van der Waals surface area (Å²) in [6.45, 7) is 6.51. The summed E-state index contributed by atoms with van der Waals surface area (Å²) in [7, 11) is 0. The van der Waals surface area contributed by atoms with E-state index in [0.717, 1.165) is 12.8 Å². The van der Waals surface area contributed by atoms with Crippen LogP contribution in [0.3, 0.4) is 0 Å². The first-order valence-electron chi connectivity index (χ1n) is 3.95. The largest absolute Gasteiger partial charge is 0.393 e. The van der Waals surface area contributed by atoms with Crippen LogP contribution in [0, 0.1) is 5.41 Å². The SMILES string of the molecule is CCCC(C)(CN)C(C)O. The summed E-state index contributed by atoms with van der Waals surface area (Å²) in [4.78, 5) is 0. The molecule has 0 spiro atoms. The van der Waals surface area contributed by atoms with Crippen LogP contribution in [0.15, 0.2) is 0 Å². The maximum absolute atomic E-state index is 9.32. The Morgan fingerprint density at radius 2 is 2.10 bits per heavy atom. The van der Waals surface area contributed by atoms with E-state index in [2.05, 4.69) is 6.92 Å². The Bertz CT molecular complexity index is 93.3. The number of rotatable bonds is 4. The summed E-state index contributed by atoms with van der Waals surface area (Å²) in [5, 5.41) is 9.32. The highest BCUT2D eigenvalue weighted by atomic mass is 16.3. The minimum Gasteiger partial charge on any atom is -0.393 e. The lowest BCUT2D eigenvalue weighted by Crippen LogP contribution is -2.37. The van der Waals surface area contributed by atoms with Crippen molar-refractivity contribution in [2.45, 2.75) is 39.7 Å². The van der Waals surface area contributed by atoms with Crippen LogP contribution < -0.4 is 5.73 Å². The predicted molar refractivity (Wildman–Crippen MR) is 43.8 cm³/mol. The Kier molecular flexibility index (Phi) is 3.91. The molecule has 0 rings (SSSR count). The van der Waals surface area contributed by atoms with E-state index in [9.17, 15) is 5.11 Å². The third kappa shape index (κ3) is 2.27. The average Bonchev–Trinajstić information content (AvgIpc) is 1.88. The molecule has 0 bridgehead atoms. The zero-order valence-corrected chi connectivity index (χ0v) is 7.22. The fourth-order valence-corrected chi connectivity index (χ4v) is 1.05. The second-order valence-corrected chi connectivity index (χ2v) is 3.28. The van der Waals surface area contributed by atoms with E-state index in [0.29, 0.717) is 6.54 Å². The van der Waals surface area contributed by atoms with Gasteiger partial charge in [-0.3, -0.25) is 0 Å². The Balaban J connectivity index is 3.94. The van der Waals surface area contributed by atoms with Gasteiger partial charge in [-0.05, 0) is 13.3 Å². The summed E-state index contributed by atoms with van der Waals surface area (Å²) in [5.74, 6) is 0. The topological polar surface area (TPSA) is 46.2 Å². The van der Waals surface area contributed by atoms with Crippen molar-refractivity contribution in [3.8, 4) is 0 Å². The third-order valence-electron chi connectivity index (χ3n) is 2.30. The second kappa shape index (κ2) is 3.94. The maximum atomic E-state index is 9.32. The van der Waals surface area contributed by atoms with Crippen molar-refractivity contribution in [1.82, 2.24) is 0 Å². The van der Waals surface area contributed by atoms with E-state index in [1.807, 2.05) is 13.8 Å². The average molecular weight is 145 g/mol. The fraction of sp³-hybridized carbons (Fsp3) is 1.00. The third-order valence-corrected chi connectivity index (χ3v) is 2.30. The first-order valence-corrected chi connectivity index (χ1v) is 3.95. The molecule has 0 saturated carbocycles. The Morgan fingerprint density at radius 1 is 1.60 bits per heavy atom. The molecule has 0 aromatic heterocycles. The Labute approximate surface area is 63.4 Å². The van der Waals surface area contributed by atoms with E-state index in [-0.39, 0.29) is 11.5 Å². The van der Waals surface area contributed by atoms with Gasteiger partial charge in [-0.1, -0.05) is 20.3 Å². The van der Waals surface area contributed by atoms with Crippen molar-refractivity contribution in [2.75, 3.05) is 6.54 Å². The van der Waals surface area contributed by atoms with Crippen LogP contribution in [0.5, 0.6) is 0 Å². The van der Waals surface area contributed by atoms with Gasteiger partial charge >= 0.3 is 0 Å². The molecular weight excluding hydrogens is 126 g/mol. The highest BCUT2D eigenvalue weighted by Gasteiger charge is 2.26. The van der Waals surface area contributed by atoms with Gasteiger partial charge in [-0.25, -0.2) is 0 Å². The monoisotopic (exact) mass is 145 g/mol. The lowest BCUT2D eigenvalue weighted by atomic mass is 9.81. The summed E-state index contributed by atoms with van der Waals surface area (Å²) >= 11 is 0. The minimum absolute atomic E-state index is 0.0747. The molecule has 2 heteroatoms. The number of aliphatic hydroxyl groups excluding tert-OH is 1. The van der Waals surface area contributed by atoms with Crippen molar-refractivity contribution in [3.63, 3.8) is 0 Å². The molecule has 62 valence electrons. The van der Waals surface area contributed by atoms with Gasteiger partial charge in [0.05, 0.1) is 6.10 Å². The summed E-state index contributed by atoms with van der Waals surface area (Å²) in [5.41, 5.74) is 5.46. The zero-order chi connectivity index (χ0) is 8.20. The molecule has 10 heavy (non-hydrogen) atoms. The fourth-order valence-electron chi connectivity index (χ4n) is 1.05. The molecule has 0 fully saturated rings. The molecule has 0 heterocycles. The van der Waals surface area contributed by atoms with Crippen LogP contribution in [0.2, 0.25) is 0 Å². The lowest BCUT2D eigenvalue weighted by molar-refractivity contribution is 0.0515. The van der Waals surface area contributed by atoms with Crippen LogP contribution in [0.25, 0.3) is 0 Å². The van der Waals surface area contributed by atoms with Gasteiger partial charge in [0, 0.05) is 12.0 Å². The number of aliphatic hydroxyl groups is 1. The first-order chi connectivity index (χ1) is 4.56. The van der Waals surface area contributed by atoms with E-state index in [1.54, 1.807) is 0 Å². The van der Waals surface area contributed by atoms with E-state index in [1.165, 1.54) is 0 Å². The molecule has 0 aliphatic carbocycles. The maximum Gasteiger partial charge on any atom is 0.0577 e. The molecule has 2 unspecified atom stereocenters. The van der Waals surface area contributed by atoms with Crippen LogP contribution >= 0.6 is 0 Å². The van der Waals surface area contributed by atoms with E-state index < -0.39 is 0 Å². The van der Waals surface area contributed by atoms with Crippen LogP contribution in [0.1, 0.15) is 33.6 Å². The molecule has 2 nitrogen and oxygen atoms in total. The van der Waals surface area contributed by atoms with E-state index in [4.69, 9.17) is 5.73 Å². The second-order valence-electron chi connectivity index (χ2n) is 3.28. The quantitative estimate of drug-likeness (QED) is 0.623. The molecule has 0 radical (unpaired) electrons. The molecule has 3 N–H and O–H groups in total. The molecule has 0 aliphatic rings. The first kappa shape index (κ1) is 9.92. The highest BCUT2D eigenvalue weighted by Crippen LogP contribution is 2.25. The molecule has 0 aliphatic heterocycles. The lowest BCUT2D eigenvalue weighted by Gasteiger charge is -2.30. The van der Waals surface area contributed by atoms with Gasteiger partial charge in [0.25, 0.3) is 0 Å². The van der Waals surface area contributed by atoms with Gasteiger partial charge in [0.1, 0.15) is 0 Å². The summed E-state index contributed by atoms with van der Waals surface area (Å²) in [6, 6.07) is 0. The summed E-state index contributed by atoms with van der Waals surface area (Å²) < 4.78 is 0. The van der Waals surface area contributed by atoms with Gasteiger partial charge in [0.2, 0.25) is 0 Å². The standard InChI is InChI=1S/C8H19NO/c1-4-5-8(3,6-9)7(2)10/h7,10H,4-6,9H2,1-3H3. The van der Waals surface area contributed by atoms with Crippen molar-refractivity contribution in [2.24, 2.45) is 11.1 Å². The van der Waals surface area contributed by atoms with Crippen molar-refractivity contribution >= 4 is 0 Å². The highest BCUT2D eigenvalue weighted by molar-refractivity contribution is 4.79. The van der Waals surface area contributed by atoms with Crippen molar-refractivity contribution in [1.29, 1.82) is 0 Å². The van der Waals surface area contributed by atoms with Gasteiger partial charge in [-0.2, -0.15) is 0 Å². The molecule has 0 aromatic carbocycles. The Morgan fingerprint density at radius 3 is 2.20 bits per heavy atom. The molecule has 0 saturated heterocycles. The van der Waals surface area contributed by atoms with Crippen LogP contribution in [-0.4, -0.2) is 17.8 Å². The number of nitrogens with two attached hydrogens (primary N) is 1. The van der Waals surface area contributed by atoms with Crippen molar-refractivity contribution < 1.29 is 5.11 Å². The number of hydrogen-bond acceptors (Lipinski definition) is 2. The van der Waals surface area contributed by atoms with E-state index >= 15 is 0 Å². The van der Waals surface area contributed by atoms with Gasteiger partial charge in [0.15, 0.2) is 0 Å². The zero-order valence-electron chi connectivity index (χ0n) is 7.22. The molecular formula is C8H19NO. The minimum atomic E-state index is -0.294. The van der Waals surface area contributed by atoms with Gasteiger partial charge < -0.3 is 10.8 Å². The van der Waals surface area contributed by atoms with Crippen LogP contribution in [-0.2, 0) is 0 Å². The molecule has 2 atom stereocenters. The predicted octanol–water partition coefficient (Wildman–Crippen LogP) is 1.13. The van der Waals surface area contributed by atoms with Gasteiger partial charge in [-0.15, -0.1) is 0 Å². The van der Waals surface area contributed by atoms with Crippen molar-refractivity contribution in [3.05, 3.63) is 0 Å².